The number of para-hydroxylation sites is 1. The van der Waals surface area contributed by atoms with Crippen molar-refractivity contribution in [1.82, 2.24) is 4.90 Å². The molecule has 2 aromatic rings. The predicted octanol–water partition coefficient (Wildman–Crippen LogP) is 3.24. The molecule has 7 nitrogen and oxygen atoms in total. The summed E-state index contributed by atoms with van der Waals surface area (Å²) in [6, 6.07) is 13.1. The first-order valence-corrected chi connectivity index (χ1v) is 11.8. The number of nitrogens with zero attached hydrogens (tertiary/aromatic N) is 2. The topological polar surface area (TPSA) is 84.0 Å². The Labute approximate surface area is 183 Å². The maximum Gasteiger partial charge on any atom is 0.338 e. The number of hydrogen-bond donors (Lipinski definition) is 0. The van der Waals surface area contributed by atoms with Crippen LogP contribution in [0.2, 0.25) is 0 Å². The highest BCUT2D eigenvalue weighted by Crippen LogP contribution is 2.32. The normalized spacial score (nSPS) is 13.4. The molecule has 0 unspecified atom stereocenters. The van der Waals surface area contributed by atoms with Crippen LogP contribution in [0.4, 0.5) is 5.69 Å². The van der Waals surface area contributed by atoms with Crippen LogP contribution in [-0.2, 0) is 26.0 Å². The first-order valence-electron chi connectivity index (χ1n) is 10.3. The van der Waals surface area contributed by atoms with Gasteiger partial charge in [0.25, 0.3) is 15.9 Å². The van der Waals surface area contributed by atoms with Gasteiger partial charge in [-0.15, -0.1) is 0 Å². The van der Waals surface area contributed by atoms with Crippen LogP contribution >= 0.6 is 0 Å². The van der Waals surface area contributed by atoms with Crippen LogP contribution in [0.15, 0.2) is 53.4 Å². The molecule has 0 saturated carbocycles. The fraction of sp³-hybridized carbons (Fsp3) is 0.391. The molecule has 0 bridgehead atoms. The van der Waals surface area contributed by atoms with Crippen LogP contribution in [0.1, 0.15) is 43.6 Å². The third kappa shape index (κ3) is 4.74. The Bertz CT molecular complexity index is 1070. The SMILES string of the molecule is CC(C)N(C(=O)COC(=O)c1cccc(S(=O)(=O)N2CCc3ccccc32)c1)C(C)C. The maximum absolute atomic E-state index is 13.2. The summed E-state index contributed by atoms with van der Waals surface area (Å²) in [5.41, 5.74) is 1.71. The predicted molar refractivity (Wildman–Crippen MR) is 119 cm³/mol. The summed E-state index contributed by atoms with van der Waals surface area (Å²) in [6.07, 6.45) is 0.640. The average Bonchev–Trinajstić information content (AvgIpc) is 3.16. The van der Waals surface area contributed by atoms with E-state index in [4.69, 9.17) is 4.74 Å². The van der Waals surface area contributed by atoms with Crippen molar-refractivity contribution in [3.63, 3.8) is 0 Å². The first-order chi connectivity index (χ1) is 14.6. The minimum atomic E-state index is -3.82. The minimum absolute atomic E-state index is 0.0102. The molecular formula is C23H28N2O5S. The molecule has 0 spiro atoms. The highest BCUT2D eigenvalue weighted by atomic mass is 32.2. The molecule has 1 amide bonds. The minimum Gasteiger partial charge on any atom is -0.452 e. The third-order valence-corrected chi connectivity index (χ3v) is 7.04. The van der Waals surface area contributed by atoms with Gasteiger partial charge in [0, 0.05) is 18.6 Å². The zero-order valence-corrected chi connectivity index (χ0v) is 19.1. The van der Waals surface area contributed by atoms with Crippen LogP contribution in [-0.4, -0.2) is 50.4 Å². The first kappa shape index (κ1) is 22.8. The van der Waals surface area contributed by atoms with E-state index in [1.807, 2.05) is 39.8 Å². The lowest BCUT2D eigenvalue weighted by molar-refractivity contribution is -0.138. The average molecular weight is 445 g/mol. The van der Waals surface area contributed by atoms with E-state index in [0.717, 1.165) is 5.56 Å². The smallest absolute Gasteiger partial charge is 0.338 e. The van der Waals surface area contributed by atoms with Crippen molar-refractivity contribution >= 4 is 27.6 Å². The van der Waals surface area contributed by atoms with Crippen molar-refractivity contribution in [2.75, 3.05) is 17.5 Å². The van der Waals surface area contributed by atoms with E-state index in [1.54, 1.807) is 17.0 Å². The largest absolute Gasteiger partial charge is 0.452 e. The van der Waals surface area contributed by atoms with E-state index in [-0.39, 0.29) is 28.4 Å². The summed E-state index contributed by atoms with van der Waals surface area (Å²) in [5.74, 6) is -1.03. The van der Waals surface area contributed by atoms with Gasteiger partial charge >= 0.3 is 5.97 Å². The number of hydrogen-bond acceptors (Lipinski definition) is 5. The number of carbonyl (C=O) groups excluding carboxylic acids is 2. The highest BCUT2D eigenvalue weighted by molar-refractivity contribution is 7.92. The molecule has 2 aromatic carbocycles. The Hall–Kier alpha value is -2.87. The van der Waals surface area contributed by atoms with E-state index in [9.17, 15) is 18.0 Å². The van der Waals surface area contributed by atoms with Gasteiger partial charge in [0.05, 0.1) is 16.1 Å². The summed E-state index contributed by atoms with van der Waals surface area (Å²) in [5, 5.41) is 0. The fourth-order valence-corrected chi connectivity index (χ4v) is 5.48. The van der Waals surface area contributed by atoms with E-state index in [0.29, 0.717) is 18.7 Å². The van der Waals surface area contributed by atoms with E-state index in [2.05, 4.69) is 0 Å². The van der Waals surface area contributed by atoms with Crippen LogP contribution in [0, 0.1) is 0 Å². The molecular weight excluding hydrogens is 416 g/mol. The lowest BCUT2D eigenvalue weighted by atomic mass is 10.2. The number of carbonyl (C=O) groups is 2. The van der Waals surface area contributed by atoms with Crippen molar-refractivity contribution in [3.8, 4) is 0 Å². The molecule has 166 valence electrons. The van der Waals surface area contributed by atoms with Gasteiger partial charge in [0.2, 0.25) is 0 Å². The molecule has 0 N–H and O–H groups in total. The second-order valence-electron chi connectivity index (χ2n) is 8.05. The molecule has 0 aliphatic carbocycles. The molecule has 0 radical (unpaired) electrons. The number of esters is 1. The van der Waals surface area contributed by atoms with Gasteiger partial charge in [-0.3, -0.25) is 9.10 Å². The number of benzene rings is 2. The van der Waals surface area contributed by atoms with Crippen molar-refractivity contribution < 1.29 is 22.7 Å². The summed E-state index contributed by atoms with van der Waals surface area (Å²) < 4.78 is 32.9. The van der Waals surface area contributed by atoms with Crippen LogP contribution < -0.4 is 4.31 Å². The zero-order valence-electron chi connectivity index (χ0n) is 18.2. The van der Waals surface area contributed by atoms with Gasteiger partial charge in [0.15, 0.2) is 6.61 Å². The Morgan fingerprint density at radius 1 is 1.03 bits per heavy atom. The quantitative estimate of drug-likeness (QED) is 0.612. The van der Waals surface area contributed by atoms with Gasteiger partial charge in [0.1, 0.15) is 0 Å². The number of rotatable bonds is 7. The molecule has 0 saturated heterocycles. The molecule has 1 heterocycles. The number of amides is 1. The Morgan fingerprint density at radius 2 is 1.71 bits per heavy atom. The molecule has 1 aliphatic heterocycles. The molecule has 0 fully saturated rings. The summed E-state index contributed by atoms with van der Waals surface area (Å²) >= 11 is 0. The zero-order chi connectivity index (χ0) is 22.8. The lowest BCUT2D eigenvalue weighted by Gasteiger charge is -2.30. The van der Waals surface area contributed by atoms with Crippen molar-refractivity contribution in [1.29, 1.82) is 0 Å². The maximum atomic E-state index is 13.2. The third-order valence-electron chi connectivity index (χ3n) is 5.23. The molecule has 31 heavy (non-hydrogen) atoms. The van der Waals surface area contributed by atoms with Gasteiger partial charge in [-0.25, -0.2) is 13.2 Å². The van der Waals surface area contributed by atoms with Crippen LogP contribution in [0.5, 0.6) is 0 Å². The van der Waals surface area contributed by atoms with Gasteiger partial charge in [-0.1, -0.05) is 24.3 Å². The van der Waals surface area contributed by atoms with Gasteiger partial charge in [-0.2, -0.15) is 0 Å². The van der Waals surface area contributed by atoms with E-state index < -0.39 is 22.6 Å². The van der Waals surface area contributed by atoms with Gasteiger partial charge in [-0.05, 0) is 63.9 Å². The number of ether oxygens (including phenoxy) is 1. The van der Waals surface area contributed by atoms with Crippen molar-refractivity contribution in [2.45, 2.75) is 51.1 Å². The number of sulfonamides is 1. The van der Waals surface area contributed by atoms with Crippen molar-refractivity contribution in [3.05, 3.63) is 59.7 Å². The summed E-state index contributed by atoms with van der Waals surface area (Å²) in [6.45, 7) is 7.53. The highest BCUT2D eigenvalue weighted by Gasteiger charge is 2.31. The molecule has 1 aliphatic rings. The van der Waals surface area contributed by atoms with Crippen molar-refractivity contribution in [2.24, 2.45) is 0 Å². The van der Waals surface area contributed by atoms with E-state index in [1.165, 1.54) is 28.6 Å². The second kappa shape index (κ2) is 9.09. The fourth-order valence-electron chi connectivity index (χ4n) is 3.93. The van der Waals surface area contributed by atoms with Gasteiger partial charge < -0.3 is 9.64 Å². The Balaban J connectivity index is 1.76. The molecule has 0 atom stereocenters. The Morgan fingerprint density at radius 3 is 2.39 bits per heavy atom. The number of anilines is 1. The standard InChI is InChI=1S/C23H28N2O5S/c1-16(2)25(17(3)4)22(26)15-30-23(27)19-9-7-10-20(14-19)31(28,29)24-13-12-18-8-5-6-11-21(18)24/h5-11,14,16-17H,12-13,15H2,1-4H3. The number of fused-ring (bicyclic) bond motifs is 1. The molecule has 8 heteroatoms. The van der Waals surface area contributed by atoms with E-state index >= 15 is 0 Å². The second-order valence-corrected chi connectivity index (χ2v) is 9.91. The monoisotopic (exact) mass is 444 g/mol. The lowest BCUT2D eigenvalue weighted by Crippen LogP contribution is -2.44. The van der Waals surface area contributed by atoms with Crippen LogP contribution in [0.3, 0.4) is 0 Å². The molecule has 3 rings (SSSR count). The Kier molecular flexibility index (Phi) is 6.69. The van der Waals surface area contributed by atoms with Crippen LogP contribution in [0.25, 0.3) is 0 Å². The summed E-state index contributed by atoms with van der Waals surface area (Å²) in [4.78, 5) is 26.6. The summed E-state index contributed by atoms with van der Waals surface area (Å²) in [7, 11) is -3.82. The molecule has 0 aromatic heterocycles.